The SMILES string of the molecule is CC(C)n1nc(C2CCC3(CC2)OCCO3)cc1C1[C@H]2CC(N3CCC4(C3)CS(=O)(=O)C4)C[C@@H]12. The van der Waals surface area contributed by atoms with Crippen LogP contribution in [0.5, 0.6) is 0 Å². The van der Waals surface area contributed by atoms with Crippen LogP contribution >= 0.6 is 0 Å². The van der Waals surface area contributed by atoms with Crippen LogP contribution in [0.1, 0.15) is 88.1 Å². The predicted octanol–water partition coefficient (Wildman–Crippen LogP) is 3.48. The van der Waals surface area contributed by atoms with Gasteiger partial charge in [0.25, 0.3) is 0 Å². The molecule has 3 saturated carbocycles. The van der Waals surface area contributed by atoms with Crippen molar-refractivity contribution in [2.45, 2.75) is 88.5 Å². The lowest BCUT2D eigenvalue weighted by Gasteiger charge is -2.38. The zero-order valence-electron chi connectivity index (χ0n) is 20.6. The largest absolute Gasteiger partial charge is 0.348 e. The normalized spacial score (nSPS) is 38.1. The van der Waals surface area contributed by atoms with Crippen LogP contribution in [0.3, 0.4) is 0 Å². The van der Waals surface area contributed by atoms with Crippen molar-refractivity contribution >= 4 is 9.84 Å². The van der Waals surface area contributed by atoms with Crippen LogP contribution in [0.2, 0.25) is 0 Å². The molecule has 1 aromatic rings. The van der Waals surface area contributed by atoms with Gasteiger partial charge in [-0.15, -0.1) is 0 Å². The van der Waals surface area contributed by atoms with Gasteiger partial charge in [-0.05, 0) is 70.4 Å². The first-order valence-corrected chi connectivity index (χ1v) is 15.4. The molecule has 3 aliphatic heterocycles. The van der Waals surface area contributed by atoms with E-state index in [-0.39, 0.29) is 11.2 Å². The number of aromatic nitrogens is 2. The fourth-order valence-corrected chi connectivity index (χ4v) is 10.6. The van der Waals surface area contributed by atoms with Gasteiger partial charge >= 0.3 is 0 Å². The van der Waals surface area contributed by atoms with Crippen LogP contribution in [0.25, 0.3) is 0 Å². The summed E-state index contributed by atoms with van der Waals surface area (Å²) in [6, 6.07) is 3.49. The van der Waals surface area contributed by atoms with Crippen molar-refractivity contribution < 1.29 is 17.9 Å². The Morgan fingerprint density at radius 2 is 1.74 bits per heavy atom. The molecule has 2 unspecified atom stereocenters. The molecule has 3 aliphatic carbocycles. The van der Waals surface area contributed by atoms with Crippen LogP contribution in [0.15, 0.2) is 6.07 Å². The maximum Gasteiger partial charge on any atom is 0.168 e. The molecule has 6 fully saturated rings. The van der Waals surface area contributed by atoms with Crippen LogP contribution in [0, 0.1) is 17.3 Å². The van der Waals surface area contributed by atoms with E-state index in [1.807, 2.05) is 0 Å². The Morgan fingerprint density at radius 3 is 2.35 bits per heavy atom. The van der Waals surface area contributed by atoms with Crippen molar-refractivity contribution in [2.24, 2.45) is 17.3 Å². The first kappa shape index (κ1) is 22.3. The minimum atomic E-state index is -2.74. The second-order valence-electron chi connectivity index (χ2n) is 12.6. The Balaban J connectivity index is 1.01. The van der Waals surface area contributed by atoms with Crippen molar-refractivity contribution in [3.63, 3.8) is 0 Å². The highest BCUT2D eigenvalue weighted by atomic mass is 32.2. The first-order chi connectivity index (χ1) is 16.3. The van der Waals surface area contributed by atoms with Crippen molar-refractivity contribution in [1.29, 1.82) is 0 Å². The number of nitrogens with zero attached hydrogens (tertiary/aromatic N) is 3. The van der Waals surface area contributed by atoms with Crippen LogP contribution in [-0.4, -0.2) is 72.7 Å². The summed E-state index contributed by atoms with van der Waals surface area (Å²) in [5, 5.41) is 5.15. The molecule has 0 N–H and O–H groups in total. The van der Waals surface area contributed by atoms with Gasteiger partial charge in [0.1, 0.15) is 0 Å². The molecule has 7 rings (SSSR count). The quantitative estimate of drug-likeness (QED) is 0.645. The Bertz CT molecular complexity index is 1040. The molecule has 6 aliphatic rings. The average molecular weight is 490 g/mol. The molecule has 0 radical (unpaired) electrons. The molecule has 34 heavy (non-hydrogen) atoms. The fourth-order valence-electron chi connectivity index (χ4n) is 8.39. The Morgan fingerprint density at radius 1 is 1.06 bits per heavy atom. The lowest BCUT2D eigenvalue weighted by Crippen LogP contribution is -2.50. The molecule has 7 nitrogen and oxygen atoms in total. The Labute approximate surface area is 203 Å². The van der Waals surface area contributed by atoms with E-state index in [2.05, 4.69) is 29.5 Å². The topological polar surface area (TPSA) is 73.7 Å². The van der Waals surface area contributed by atoms with Crippen molar-refractivity contribution in [3.8, 4) is 0 Å². The molecule has 188 valence electrons. The smallest absolute Gasteiger partial charge is 0.168 e. The number of fused-ring (bicyclic) bond motifs is 1. The number of ether oxygens (including phenoxy) is 2. The number of hydrogen-bond donors (Lipinski definition) is 0. The highest BCUT2D eigenvalue weighted by molar-refractivity contribution is 7.92. The van der Waals surface area contributed by atoms with Crippen LogP contribution < -0.4 is 0 Å². The van der Waals surface area contributed by atoms with Crippen LogP contribution in [-0.2, 0) is 19.3 Å². The number of rotatable bonds is 4. The van der Waals surface area contributed by atoms with E-state index in [9.17, 15) is 8.42 Å². The fraction of sp³-hybridized carbons (Fsp3) is 0.885. The van der Waals surface area contributed by atoms with E-state index in [1.165, 1.54) is 24.2 Å². The standard InChI is InChI=1S/C26H39N3O4S/c1-17(2)29-23(13-22(27-29)18-3-5-26(6-4-18)32-9-10-33-26)24-20-11-19(12-21(20)24)28-8-7-25(14-28)15-34(30,31)16-25/h13,17-21,24H,3-12,14-16H2,1-2H3/t19?,20-,21+,24?. The second-order valence-corrected chi connectivity index (χ2v) is 14.7. The van der Waals surface area contributed by atoms with E-state index in [0.29, 0.717) is 35.4 Å². The predicted molar refractivity (Wildman–Crippen MR) is 128 cm³/mol. The van der Waals surface area contributed by atoms with Gasteiger partial charge in [0.15, 0.2) is 15.6 Å². The van der Waals surface area contributed by atoms with E-state index in [1.54, 1.807) is 0 Å². The van der Waals surface area contributed by atoms with Gasteiger partial charge in [-0.2, -0.15) is 5.10 Å². The molecular weight excluding hydrogens is 450 g/mol. The summed E-state index contributed by atoms with van der Waals surface area (Å²) in [4.78, 5) is 2.63. The third-order valence-corrected chi connectivity index (χ3v) is 12.2. The lowest BCUT2D eigenvalue weighted by molar-refractivity contribution is -0.178. The zero-order chi connectivity index (χ0) is 23.3. The molecule has 0 aromatic carbocycles. The van der Waals surface area contributed by atoms with Gasteiger partial charge in [0, 0.05) is 54.4 Å². The zero-order valence-corrected chi connectivity index (χ0v) is 21.4. The highest BCUT2D eigenvalue weighted by Gasteiger charge is 2.61. The van der Waals surface area contributed by atoms with E-state index in [0.717, 1.165) is 70.2 Å². The second kappa shape index (κ2) is 7.53. The highest BCUT2D eigenvalue weighted by Crippen LogP contribution is 2.64. The minimum Gasteiger partial charge on any atom is -0.348 e. The van der Waals surface area contributed by atoms with Crippen molar-refractivity contribution in [1.82, 2.24) is 14.7 Å². The van der Waals surface area contributed by atoms with Gasteiger partial charge in [-0.25, -0.2) is 8.42 Å². The van der Waals surface area contributed by atoms with Crippen LogP contribution in [0.4, 0.5) is 0 Å². The lowest BCUT2D eigenvalue weighted by atomic mass is 9.83. The summed E-state index contributed by atoms with van der Waals surface area (Å²) >= 11 is 0. The van der Waals surface area contributed by atoms with Gasteiger partial charge in [-0.1, -0.05) is 0 Å². The molecule has 2 spiro atoms. The van der Waals surface area contributed by atoms with Gasteiger partial charge in [0.2, 0.25) is 0 Å². The molecule has 0 amide bonds. The summed E-state index contributed by atoms with van der Waals surface area (Å²) in [6.45, 7) is 8.08. The summed E-state index contributed by atoms with van der Waals surface area (Å²) in [7, 11) is -2.74. The molecule has 3 saturated heterocycles. The minimum absolute atomic E-state index is 0.0866. The maximum absolute atomic E-state index is 11.8. The molecule has 1 aromatic heterocycles. The van der Waals surface area contributed by atoms with Crippen molar-refractivity contribution in [3.05, 3.63) is 17.5 Å². The Kier molecular flexibility index (Phi) is 4.93. The summed E-state index contributed by atoms with van der Waals surface area (Å²) in [5.74, 6) is 3.29. The average Bonchev–Trinajstić information content (AvgIpc) is 3.35. The van der Waals surface area contributed by atoms with E-state index < -0.39 is 9.84 Å². The van der Waals surface area contributed by atoms with Gasteiger partial charge in [0.05, 0.1) is 30.4 Å². The van der Waals surface area contributed by atoms with Crippen molar-refractivity contribution in [2.75, 3.05) is 37.8 Å². The Hall–Kier alpha value is -0.960. The van der Waals surface area contributed by atoms with Gasteiger partial charge in [-0.3, -0.25) is 9.58 Å². The molecular formula is C26H39N3O4S. The third kappa shape index (κ3) is 3.53. The van der Waals surface area contributed by atoms with E-state index >= 15 is 0 Å². The monoisotopic (exact) mass is 489 g/mol. The summed E-state index contributed by atoms with van der Waals surface area (Å²) < 4.78 is 37.7. The number of sulfone groups is 1. The summed E-state index contributed by atoms with van der Waals surface area (Å²) in [6.07, 6.45) is 7.78. The summed E-state index contributed by atoms with van der Waals surface area (Å²) in [5.41, 5.74) is 2.84. The number of likely N-dealkylation sites (tertiary alicyclic amines) is 1. The van der Waals surface area contributed by atoms with E-state index in [4.69, 9.17) is 14.6 Å². The first-order valence-electron chi connectivity index (χ1n) is 13.6. The molecule has 4 atom stereocenters. The molecule has 4 heterocycles. The molecule has 8 heteroatoms. The van der Waals surface area contributed by atoms with Gasteiger partial charge < -0.3 is 9.47 Å². The third-order valence-electron chi connectivity index (χ3n) is 10.0. The maximum atomic E-state index is 11.8. The number of hydrogen-bond acceptors (Lipinski definition) is 6. The molecule has 0 bridgehead atoms.